The summed E-state index contributed by atoms with van der Waals surface area (Å²) >= 11 is 0. The fourth-order valence-electron chi connectivity index (χ4n) is 2.64. The summed E-state index contributed by atoms with van der Waals surface area (Å²) < 4.78 is 27.4. The van der Waals surface area contributed by atoms with E-state index < -0.39 is 10.0 Å². The van der Waals surface area contributed by atoms with Crippen LogP contribution in [0, 0.1) is 19.8 Å². The second-order valence-electron chi connectivity index (χ2n) is 5.87. The van der Waals surface area contributed by atoms with Gasteiger partial charge in [0.25, 0.3) is 0 Å². The Labute approximate surface area is 122 Å². The first kappa shape index (κ1) is 15.5. The molecule has 0 bridgehead atoms. The van der Waals surface area contributed by atoms with Crippen molar-refractivity contribution in [3.05, 3.63) is 29.3 Å². The van der Waals surface area contributed by atoms with Crippen LogP contribution in [-0.4, -0.2) is 27.5 Å². The van der Waals surface area contributed by atoms with Gasteiger partial charge >= 0.3 is 0 Å². The Kier molecular flexibility index (Phi) is 4.83. The molecule has 0 aromatic heterocycles. The highest BCUT2D eigenvalue weighted by molar-refractivity contribution is 7.89. The topological polar surface area (TPSA) is 58.2 Å². The van der Waals surface area contributed by atoms with E-state index >= 15 is 0 Å². The molecular weight excluding hydrogens is 272 g/mol. The molecule has 0 radical (unpaired) electrons. The van der Waals surface area contributed by atoms with Gasteiger partial charge in [-0.05, 0) is 57.7 Å². The van der Waals surface area contributed by atoms with Gasteiger partial charge in [0.1, 0.15) is 0 Å². The van der Waals surface area contributed by atoms with Crippen LogP contribution < -0.4 is 10.0 Å². The Morgan fingerprint density at radius 3 is 2.65 bits per heavy atom. The standard InChI is InChI=1S/C15H24N2O2S/c1-11-4-7-15(12(2)8-11)20(18,19)17-10-14-6-5-13(3)16-9-14/h4,7-8,13-14,16-17H,5-6,9-10H2,1-3H3. The maximum atomic E-state index is 12.3. The zero-order valence-electron chi connectivity index (χ0n) is 12.4. The van der Waals surface area contributed by atoms with E-state index in [9.17, 15) is 8.42 Å². The zero-order valence-corrected chi connectivity index (χ0v) is 13.3. The summed E-state index contributed by atoms with van der Waals surface area (Å²) in [6.07, 6.45) is 2.18. The van der Waals surface area contributed by atoms with Gasteiger partial charge in [0, 0.05) is 12.6 Å². The van der Waals surface area contributed by atoms with E-state index in [2.05, 4.69) is 17.0 Å². The van der Waals surface area contributed by atoms with Crippen LogP contribution in [0.1, 0.15) is 30.9 Å². The molecule has 1 aliphatic heterocycles. The maximum Gasteiger partial charge on any atom is 0.240 e. The number of nitrogens with one attached hydrogen (secondary N) is 2. The molecule has 4 nitrogen and oxygen atoms in total. The third kappa shape index (κ3) is 3.81. The van der Waals surface area contributed by atoms with Crippen molar-refractivity contribution < 1.29 is 8.42 Å². The summed E-state index contributed by atoms with van der Waals surface area (Å²) in [7, 11) is -3.40. The molecule has 1 fully saturated rings. The van der Waals surface area contributed by atoms with Gasteiger partial charge in [-0.1, -0.05) is 17.7 Å². The van der Waals surface area contributed by atoms with E-state index in [0.717, 1.165) is 30.5 Å². The molecule has 0 spiro atoms. The first-order chi connectivity index (χ1) is 9.38. The summed E-state index contributed by atoms with van der Waals surface area (Å²) in [5, 5.41) is 3.39. The van der Waals surface area contributed by atoms with E-state index in [1.54, 1.807) is 6.07 Å². The van der Waals surface area contributed by atoms with Gasteiger partial charge in [0.05, 0.1) is 4.90 Å². The molecule has 2 rings (SSSR count). The Morgan fingerprint density at radius 1 is 1.30 bits per heavy atom. The molecule has 1 aliphatic rings. The van der Waals surface area contributed by atoms with E-state index in [-0.39, 0.29) is 0 Å². The Balaban J connectivity index is 2.00. The first-order valence-corrected chi connectivity index (χ1v) is 8.67. The van der Waals surface area contributed by atoms with Crippen LogP contribution in [0.4, 0.5) is 0 Å². The molecule has 2 N–H and O–H groups in total. The Morgan fingerprint density at radius 2 is 2.05 bits per heavy atom. The highest BCUT2D eigenvalue weighted by Gasteiger charge is 2.21. The minimum atomic E-state index is -3.40. The molecule has 2 atom stereocenters. The van der Waals surface area contributed by atoms with E-state index in [4.69, 9.17) is 0 Å². The number of aryl methyl sites for hydroxylation is 2. The fraction of sp³-hybridized carbons (Fsp3) is 0.600. The van der Waals surface area contributed by atoms with Crippen molar-refractivity contribution in [2.45, 2.75) is 44.6 Å². The van der Waals surface area contributed by atoms with Crippen LogP contribution in [0.15, 0.2) is 23.1 Å². The lowest BCUT2D eigenvalue weighted by Gasteiger charge is -2.27. The molecule has 1 saturated heterocycles. The SMILES string of the molecule is Cc1ccc(S(=O)(=O)NCC2CCC(C)NC2)c(C)c1. The number of benzene rings is 1. The van der Waals surface area contributed by atoms with Gasteiger partial charge in [0.15, 0.2) is 0 Å². The molecule has 1 aromatic carbocycles. The van der Waals surface area contributed by atoms with Crippen molar-refractivity contribution in [2.75, 3.05) is 13.1 Å². The highest BCUT2D eigenvalue weighted by atomic mass is 32.2. The average molecular weight is 296 g/mol. The van der Waals surface area contributed by atoms with Crippen molar-refractivity contribution in [3.63, 3.8) is 0 Å². The minimum absolute atomic E-state index is 0.381. The van der Waals surface area contributed by atoms with E-state index in [1.807, 2.05) is 26.0 Å². The molecule has 1 heterocycles. The average Bonchev–Trinajstić information content (AvgIpc) is 2.37. The lowest BCUT2D eigenvalue weighted by molar-refractivity contribution is 0.323. The van der Waals surface area contributed by atoms with Crippen LogP contribution in [-0.2, 0) is 10.0 Å². The van der Waals surface area contributed by atoms with Gasteiger partial charge in [-0.2, -0.15) is 0 Å². The molecule has 1 aromatic rings. The predicted molar refractivity (Wildman–Crippen MR) is 81.3 cm³/mol. The van der Waals surface area contributed by atoms with Gasteiger partial charge in [-0.3, -0.25) is 0 Å². The molecule has 5 heteroatoms. The molecule has 112 valence electrons. The fourth-order valence-corrected chi connectivity index (χ4v) is 3.98. The number of piperidine rings is 1. The van der Waals surface area contributed by atoms with Crippen molar-refractivity contribution in [1.82, 2.24) is 10.0 Å². The van der Waals surface area contributed by atoms with Gasteiger partial charge in [0.2, 0.25) is 10.0 Å². The summed E-state index contributed by atoms with van der Waals surface area (Å²) in [5.74, 6) is 0.381. The molecular formula is C15H24N2O2S. The third-order valence-corrected chi connectivity index (χ3v) is 5.53. The second kappa shape index (κ2) is 6.24. The normalized spacial score (nSPS) is 23.8. The molecule has 2 unspecified atom stereocenters. The molecule has 0 aliphatic carbocycles. The van der Waals surface area contributed by atoms with Crippen LogP contribution in [0.25, 0.3) is 0 Å². The smallest absolute Gasteiger partial charge is 0.240 e. The number of hydrogen-bond acceptors (Lipinski definition) is 3. The number of hydrogen-bond donors (Lipinski definition) is 2. The lowest BCUT2D eigenvalue weighted by atomic mass is 9.96. The van der Waals surface area contributed by atoms with Crippen LogP contribution in [0.2, 0.25) is 0 Å². The predicted octanol–water partition coefficient (Wildman–Crippen LogP) is 1.97. The van der Waals surface area contributed by atoms with Gasteiger partial charge in [-0.25, -0.2) is 13.1 Å². The molecule has 0 saturated carbocycles. The number of rotatable bonds is 4. The van der Waals surface area contributed by atoms with Crippen molar-refractivity contribution in [1.29, 1.82) is 0 Å². The highest BCUT2D eigenvalue weighted by Crippen LogP contribution is 2.18. The van der Waals surface area contributed by atoms with Crippen LogP contribution in [0.3, 0.4) is 0 Å². The summed E-state index contributed by atoms with van der Waals surface area (Å²) in [4.78, 5) is 0.389. The minimum Gasteiger partial charge on any atom is -0.314 e. The van der Waals surface area contributed by atoms with Crippen molar-refractivity contribution >= 4 is 10.0 Å². The summed E-state index contributed by atoms with van der Waals surface area (Å²) in [6.45, 7) is 7.36. The summed E-state index contributed by atoms with van der Waals surface area (Å²) in [6, 6.07) is 5.97. The Bertz CT molecular complexity index is 561. The van der Waals surface area contributed by atoms with Crippen molar-refractivity contribution in [3.8, 4) is 0 Å². The van der Waals surface area contributed by atoms with Crippen LogP contribution >= 0.6 is 0 Å². The molecule has 20 heavy (non-hydrogen) atoms. The van der Waals surface area contributed by atoms with E-state index in [0.29, 0.717) is 23.4 Å². The van der Waals surface area contributed by atoms with E-state index in [1.165, 1.54) is 0 Å². The second-order valence-corrected chi connectivity index (χ2v) is 7.61. The van der Waals surface area contributed by atoms with Gasteiger partial charge in [-0.15, -0.1) is 0 Å². The van der Waals surface area contributed by atoms with Crippen LogP contribution in [0.5, 0.6) is 0 Å². The quantitative estimate of drug-likeness (QED) is 0.893. The van der Waals surface area contributed by atoms with Gasteiger partial charge < -0.3 is 5.32 Å². The maximum absolute atomic E-state index is 12.3. The monoisotopic (exact) mass is 296 g/mol. The zero-order chi connectivity index (χ0) is 14.8. The Hall–Kier alpha value is -0.910. The largest absolute Gasteiger partial charge is 0.314 e. The lowest BCUT2D eigenvalue weighted by Crippen LogP contribution is -2.42. The number of sulfonamides is 1. The third-order valence-electron chi connectivity index (χ3n) is 3.94. The van der Waals surface area contributed by atoms with Crippen molar-refractivity contribution in [2.24, 2.45) is 5.92 Å². The summed E-state index contributed by atoms with van der Waals surface area (Å²) in [5.41, 5.74) is 1.87. The first-order valence-electron chi connectivity index (χ1n) is 7.19. The molecule has 0 amide bonds.